The lowest BCUT2D eigenvalue weighted by molar-refractivity contribution is 0.279. The minimum Gasteiger partial charge on any atom is -0.497 e. The third-order valence-corrected chi connectivity index (χ3v) is 4.96. The molecule has 0 saturated carbocycles. The van der Waals surface area contributed by atoms with Crippen molar-refractivity contribution >= 4 is 21.8 Å². The van der Waals surface area contributed by atoms with Crippen LogP contribution in [0.5, 0.6) is 5.75 Å². The molecular formula is C22H21N3O4. The van der Waals surface area contributed by atoms with Gasteiger partial charge in [0.05, 0.1) is 35.5 Å². The summed E-state index contributed by atoms with van der Waals surface area (Å²) in [4.78, 5) is 30.3. The van der Waals surface area contributed by atoms with Gasteiger partial charge in [0.15, 0.2) is 0 Å². The van der Waals surface area contributed by atoms with Crippen LogP contribution in [-0.2, 0) is 13.1 Å². The predicted octanol–water partition coefficient (Wildman–Crippen LogP) is 2.15. The van der Waals surface area contributed by atoms with Crippen molar-refractivity contribution < 1.29 is 9.84 Å². The van der Waals surface area contributed by atoms with Gasteiger partial charge in [-0.05, 0) is 42.3 Å². The van der Waals surface area contributed by atoms with Crippen LogP contribution in [0.15, 0.2) is 64.4 Å². The average molecular weight is 391 g/mol. The number of hydrogen-bond acceptors (Lipinski definition) is 5. The van der Waals surface area contributed by atoms with Crippen LogP contribution >= 0.6 is 0 Å². The molecule has 1 N–H and O–H groups in total. The number of pyridine rings is 3. The van der Waals surface area contributed by atoms with Crippen LogP contribution in [0.3, 0.4) is 0 Å². The maximum atomic E-state index is 13.0. The lowest BCUT2D eigenvalue weighted by Gasteiger charge is -2.10. The minimum absolute atomic E-state index is 0.0104. The largest absolute Gasteiger partial charge is 0.497 e. The number of aliphatic hydroxyl groups excluding tert-OH is 1. The third kappa shape index (κ3) is 3.64. The van der Waals surface area contributed by atoms with E-state index in [1.165, 1.54) is 4.57 Å². The fourth-order valence-electron chi connectivity index (χ4n) is 3.37. The van der Waals surface area contributed by atoms with Crippen LogP contribution < -0.4 is 15.9 Å². The highest BCUT2D eigenvalue weighted by atomic mass is 16.5. The fourth-order valence-corrected chi connectivity index (χ4v) is 3.37. The standard InChI is InChI=1S/C22H21N3O4/c1-29-16-5-3-15(4-6-16)14-25-11-8-20-18(22(25)28)13-17-19(23-20)7-10-24(21(17)27)9-2-12-26/h3-8,10-11,13,26H,2,9,12,14H2,1H3. The van der Waals surface area contributed by atoms with Gasteiger partial charge in [0.1, 0.15) is 5.75 Å². The molecule has 0 aliphatic rings. The van der Waals surface area contributed by atoms with Crippen molar-refractivity contribution in [3.05, 3.63) is 81.1 Å². The Labute approximate surface area is 166 Å². The molecule has 0 radical (unpaired) electrons. The first kappa shape index (κ1) is 18.9. The van der Waals surface area contributed by atoms with E-state index in [0.717, 1.165) is 11.3 Å². The predicted molar refractivity (Wildman–Crippen MR) is 112 cm³/mol. The molecule has 148 valence electrons. The van der Waals surface area contributed by atoms with Crippen molar-refractivity contribution in [1.29, 1.82) is 0 Å². The Morgan fingerprint density at radius 2 is 1.55 bits per heavy atom. The molecule has 7 heteroatoms. The molecule has 0 saturated heterocycles. The number of rotatable bonds is 6. The van der Waals surface area contributed by atoms with Gasteiger partial charge in [0.25, 0.3) is 11.1 Å². The Kier molecular flexibility index (Phi) is 5.14. The number of methoxy groups -OCH3 is 1. The third-order valence-electron chi connectivity index (χ3n) is 4.96. The number of aromatic nitrogens is 3. The van der Waals surface area contributed by atoms with Crippen LogP contribution in [0.25, 0.3) is 21.8 Å². The molecule has 4 rings (SSSR count). The smallest absolute Gasteiger partial charge is 0.260 e. The maximum absolute atomic E-state index is 13.0. The number of hydrogen-bond donors (Lipinski definition) is 1. The molecule has 29 heavy (non-hydrogen) atoms. The van der Waals surface area contributed by atoms with E-state index in [-0.39, 0.29) is 17.7 Å². The molecule has 3 aromatic heterocycles. The molecule has 0 aliphatic heterocycles. The van der Waals surface area contributed by atoms with Gasteiger partial charge in [-0.2, -0.15) is 0 Å². The first-order chi connectivity index (χ1) is 14.1. The van der Waals surface area contributed by atoms with E-state index in [1.807, 2.05) is 24.3 Å². The highest BCUT2D eigenvalue weighted by molar-refractivity contribution is 5.91. The number of benzene rings is 1. The van der Waals surface area contributed by atoms with Gasteiger partial charge < -0.3 is 19.0 Å². The first-order valence-corrected chi connectivity index (χ1v) is 9.38. The summed E-state index contributed by atoms with van der Waals surface area (Å²) in [5.74, 6) is 0.757. The molecule has 0 bridgehead atoms. The summed E-state index contributed by atoms with van der Waals surface area (Å²) in [5.41, 5.74) is 1.66. The van der Waals surface area contributed by atoms with Gasteiger partial charge in [0.2, 0.25) is 0 Å². The summed E-state index contributed by atoms with van der Waals surface area (Å²) in [5, 5.41) is 9.82. The minimum atomic E-state index is -0.213. The van der Waals surface area contributed by atoms with Crippen molar-refractivity contribution in [3.8, 4) is 5.75 Å². The molecule has 0 aliphatic carbocycles. The van der Waals surface area contributed by atoms with E-state index in [0.29, 0.717) is 41.3 Å². The molecule has 0 unspecified atom stereocenters. The molecule has 1 aromatic carbocycles. The second-order valence-corrected chi connectivity index (χ2v) is 6.84. The first-order valence-electron chi connectivity index (χ1n) is 9.38. The van der Waals surface area contributed by atoms with E-state index >= 15 is 0 Å². The summed E-state index contributed by atoms with van der Waals surface area (Å²) < 4.78 is 8.30. The zero-order valence-corrected chi connectivity index (χ0v) is 16.0. The Bertz CT molecular complexity index is 1290. The Hall–Kier alpha value is -3.45. The number of aryl methyl sites for hydroxylation is 1. The molecule has 0 atom stereocenters. The van der Waals surface area contributed by atoms with Crippen molar-refractivity contribution in [2.45, 2.75) is 19.5 Å². The molecule has 3 heterocycles. The molecule has 0 fully saturated rings. The maximum Gasteiger partial charge on any atom is 0.260 e. The summed E-state index contributed by atoms with van der Waals surface area (Å²) in [6.45, 7) is 0.836. The van der Waals surface area contributed by atoms with Gasteiger partial charge in [-0.1, -0.05) is 12.1 Å². The zero-order chi connectivity index (χ0) is 20.4. The Balaban J connectivity index is 1.79. The number of fused-ring (bicyclic) bond motifs is 2. The highest BCUT2D eigenvalue weighted by Crippen LogP contribution is 2.16. The number of aliphatic hydroxyl groups is 1. The van der Waals surface area contributed by atoms with Crippen molar-refractivity contribution in [1.82, 2.24) is 14.1 Å². The monoisotopic (exact) mass is 391 g/mol. The quantitative estimate of drug-likeness (QED) is 0.509. The van der Waals surface area contributed by atoms with Crippen molar-refractivity contribution in [3.63, 3.8) is 0 Å². The zero-order valence-electron chi connectivity index (χ0n) is 16.0. The van der Waals surface area contributed by atoms with Crippen LogP contribution in [0.1, 0.15) is 12.0 Å². The van der Waals surface area contributed by atoms with Crippen LogP contribution in [-0.4, -0.2) is 32.9 Å². The van der Waals surface area contributed by atoms with Gasteiger partial charge >= 0.3 is 0 Å². The molecule has 0 spiro atoms. The summed E-state index contributed by atoms with van der Waals surface area (Å²) in [6, 6.07) is 12.7. The number of ether oxygens (including phenoxy) is 1. The van der Waals surface area contributed by atoms with Crippen LogP contribution in [0.4, 0.5) is 0 Å². The van der Waals surface area contributed by atoms with Gasteiger partial charge in [0, 0.05) is 25.5 Å². The fraction of sp³-hybridized carbons (Fsp3) is 0.227. The average Bonchev–Trinajstić information content (AvgIpc) is 2.75. The van der Waals surface area contributed by atoms with Gasteiger partial charge in [-0.25, -0.2) is 4.98 Å². The Morgan fingerprint density at radius 1 is 0.931 bits per heavy atom. The molecule has 4 aromatic rings. The summed E-state index contributed by atoms with van der Waals surface area (Å²) in [6.07, 6.45) is 3.88. The van der Waals surface area contributed by atoms with E-state index in [2.05, 4.69) is 4.98 Å². The van der Waals surface area contributed by atoms with E-state index in [1.54, 1.807) is 42.3 Å². The van der Waals surface area contributed by atoms with E-state index < -0.39 is 0 Å². The summed E-state index contributed by atoms with van der Waals surface area (Å²) in [7, 11) is 1.61. The van der Waals surface area contributed by atoms with Gasteiger partial charge in [-0.15, -0.1) is 0 Å². The molecular weight excluding hydrogens is 370 g/mol. The normalized spacial score (nSPS) is 11.2. The second kappa shape index (κ2) is 7.89. The second-order valence-electron chi connectivity index (χ2n) is 6.84. The van der Waals surface area contributed by atoms with Crippen molar-refractivity contribution in [2.75, 3.05) is 13.7 Å². The lowest BCUT2D eigenvalue weighted by atomic mass is 10.1. The summed E-state index contributed by atoms with van der Waals surface area (Å²) >= 11 is 0. The van der Waals surface area contributed by atoms with Crippen LogP contribution in [0, 0.1) is 0 Å². The SMILES string of the molecule is COc1ccc(Cn2ccc3nc4ccn(CCCO)c(=O)c4cc3c2=O)cc1. The Morgan fingerprint density at radius 3 is 2.17 bits per heavy atom. The highest BCUT2D eigenvalue weighted by Gasteiger charge is 2.10. The molecule has 7 nitrogen and oxygen atoms in total. The molecule has 0 amide bonds. The van der Waals surface area contributed by atoms with Gasteiger partial charge in [-0.3, -0.25) is 9.59 Å². The van der Waals surface area contributed by atoms with Crippen molar-refractivity contribution in [2.24, 2.45) is 0 Å². The lowest BCUT2D eigenvalue weighted by Crippen LogP contribution is -2.22. The van der Waals surface area contributed by atoms with E-state index in [4.69, 9.17) is 9.84 Å². The van der Waals surface area contributed by atoms with E-state index in [9.17, 15) is 9.59 Å². The number of nitrogens with zero attached hydrogens (tertiary/aromatic N) is 3. The topological polar surface area (TPSA) is 86.3 Å². The van der Waals surface area contributed by atoms with Crippen LogP contribution in [0.2, 0.25) is 0 Å².